The van der Waals surface area contributed by atoms with Gasteiger partial charge in [-0.2, -0.15) is 13.2 Å². The van der Waals surface area contributed by atoms with E-state index in [4.69, 9.17) is 5.11 Å². The summed E-state index contributed by atoms with van der Waals surface area (Å²) in [5.41, 5.74) is -0.787. The summed E-state index contributed by atoms with van der Waals surface area (Å²) in [6.07, 6.45) is -0.251. The monoisotopic (exact) mass is 293 g/mol. The van der Waals surface area contributed by atoms with E-state index < -0.39 is 23.6 Å². The molecule has 1 saturated carbocycles. The lowest BCUT2D eigenvalue weighted by Crippen LogP contribution is -2.55. The van der Waals surface area contributed by atoms with E-state index >= 15 is 0 Å². The Morgan fingerprint density at radius 3 is 2.40 bits per heavy atom. The lowest BCUT2D eigenvalue weighted by Gasteiger charge is -2.49. The molecule has 0 aromatic heterocycles. The van der Waals surface area contributed by atoms with Crippen LogP contribution in [0, 0.1) is 5.92 Å². The summed E-state index contributed by atoms with van der Waals surface area (Å²) in [6.45, 7) is 1.47. The van der Waals surface area contributed by atoms with Gasteiger partial charge in [0.25, 0.3) is 0 Å². The molecule has 0 aromatic carbocycles. The van der Waals surface area contributed by atoms with Crippen LogP contribution in [0.15, 0.2) is 0 Å². The van der Waals surface area contributed by atoms with Crippen LogP contribution in [0.5, 0.6) is 0 Å². The maximum absolute atomic E-state index is 13.0. The highest BCUT2D eigenvalue weighted by Gasteiger charge is 2.50. The Hall–Kier alpha value is -0.780. The van der Waals surface area contributed by atoms with Gasteiger partial charge in [-0.3, -0.25) is 9.69 Å². The van der Waals surface area contributed by atoms with E-state index in [1.165, 1.54) is 0 Å². The standard InChI is InChI=1S/C14H22F3NO2/c15-14(16,17)11-5-4-6-13(9-11,10-12(19)20)18-7-2-1-3-8-18/h11H,1-10H2,(H,19,20). The van der Waals surface area contributed by atoms with Crippen LogP contribution in [0.2, 0.25) is 0 Å². The number of halogens is 3. The quantitative estimate of drug-likeness (QED) is 0.866. The summed E-state index contributed by atoms with van der Waals surface area (Å²) in [7, 11) is 0. The first-order chi connectivity index (χ1) is 9.33. The maximum atomic E-state index is 13.0. The molecule has 2 rings (SSSR count). The minimum absolute atomic E-state index is 0.0528. The second-order valence-electron chi connectivity index (χ2n) is 6.18. The SMILES string of the molecule is O=C(O)CC1(N2CCCCC2)CCCC(C(F)(F)F)C1. The second kappa shape index (κ2) is 5.92. The third kappa shape index (κ3) is 3.45. The molecule has 1 aliphatic heterocycles. The van der Waals surface area contributed by atoms with E-state index in [0.29, 0.717) is 12.8 Å². The van der Waals surface area contributed by atoms with Gasteiger partial charge in [0.05, 0.1) is 12.3 Å². The minimum atomic E-state index is -4.21. The Bertz CT molecular complexity index is 353. The summed E-state index contributed by atoms with van der Waals surface area (Å²) in [5, 5.41) is 9.14. The Morgan fingerprint density at radius 1 is 1.20 bits per heavy atom. The number of aliphatic carboxylic acids is 1. The molecule has 6 heteroatoms. The highest BCUT2D eigenvalue weighted by atomic mass is 19.4. The Balaban J connectivity index is 2.19. The van der Waals surface area contributed by atoms with Gasteiger partial charge in [-0.05, 0) is 45.2 Å². The highest BCUT2D eigenvalue weighted by Crippen LogP contribution is 2.46. The van der Waals surface area contributed by atoms with Gasteiger partial charge in [0.1, 0.15) is 0 Å². The van der Waals surface area contributed by atoms with Gasteiger partial charge >= 0.3 is 12.1 Å². The first-order valence-corrected chi connectivity index (χ1v) is 7.37. The molecule has 0 spiro atoms. The van der Waals surface area contributed by atoms with E-state index in [1.54, 1.807) is 0 Å². The lowest BCUT2D eigenvalue weighted by atomic mass is 9.72. The summed E-state index contributed by atoms with van der Waals surface area (Å²) in [6, 6.07) is 0. The normalized spacial score (nSPS) is 33.0. The van der Waals surface area contributed by atoms with E-state index in [2.05, 4.69) is 0 Å². The van der Waals surface area contributed by atoms with Crippen LogP contribution in [0.1, 0.15) is 51.4 Å². The predicted molar refractivity (Wildman–Crippen MR) is 68.4 cm³/mol. The van der Waals surface area contributed by atoms with Crippen molar-refractivity contribution < 1.29 is 23.1 Å². The van der Waals surface area contributed by atoms with Gasteiger partial charge in [-0.15, -0.1) is 0 Å². The number of hydrogen-bond donors (Lipinski definition) is 1. The molecule has 116 valence electrons. The van der Waals surface area contributed by atoms with Crippen LogP contribution in [0.25, 0.3) is 0 Å². The van der Waals surface area contributed by atoms with Gasteiger partial charge in [-0.1, -0.05) is 12.8 Å². The molecule has 0 bridgehead atoms. The maximum Gasteiger partial charge on any atom is 0.391 e. The van der Waals surface area contributed by atoms with E-state index in [1.807, 2.05) is 4.90 Å². The van der Waals surface area contributed by atoms with Crippen LogP contribution >= 0.6 is 0 Å². The summed E-state index contributed by atoms with van der Waals surface area (Å²) < 4.78 is 39.1. The molecule has 1 N–H and O–H groups in total. The number of rotatable bonds is 3. The Morgan fingerprint density at radius 2 is 1.85 bits per heavy atom. The minimum Gasteiger partial charge on any atom is -0.481 e. The molecule has 1 heterocycles. The molecule has 3 nitrogen and oxygen atoms in total. The van der Waals surface area contributed by atoms with E-state index in [-0.39, 0.29) is 19.3 Å². The van der Waals surface area contributed by atoms with Crippen molar-refractivity contribution in [3.63, 3.8) is 0 Å². The number of carboxylic acids is 1. The molecule has 0 aromatic rings. The molecule has 1 aliphatic carbocycles. The van der Waals surface area contributed by atoms with Gasteiger partial charge in [0, 0.05) is 5.54 Å². The zero-order chi connectivity index (χ0) is 14.8. The van der Waals surface area contributed by atoms with E-state index in [9.17, 15) is 18.0 Å². The smallest absolute Gasteiger partial charge is 0.391 e. The van der Waals surface area contributed by atoms with Crippen molar-refractivity contribution in [2.75, 3.05) is 13.1 Å². The molecule has 0 radical (unpaired) electrons. The summed E-state index contributed by atoms with van der Waals surface area (Å²) >= 11 is 0. The molecule has 0 amide bonds. The average molecular weight is 293 g/mol. The number of alkyl halides is 3. The molecule has 2 atom stereocenters. The van der Waals surface area contributed by atoms with E-state index in [0.717, 1.165) is 32.4 Å². The van der Waals surface area contributed by atoms with Crippen LogP contribution in [-0.4, -0.2) is 40.8 Å². The number of carbonyl (C=O) groups is 1. The van der Waals surface area contributed by atoms with Crippen molar-refractivity contribution in [1.82, 2.24) is 4.90 Å². The van der Waals surface area contributed by atoms with Crippen molar-refractivity contribution >= 4 is 5.97 Å². The van der Waals surface area contributed by atoms with Crippen molar-refractivity contribution in [2.24, 2.45) is 5.92 Å². The van der Waals surface area contributed by atoms with Crippen molar-refractivity contribution in [3.8, 4) is 0 Å². The Kier molecular flexibility index (Phi) is 4.62. The second-order valence-corrected chi connectivity index (χ2v) is 6.18. The first-order valence-electron chi connectivity index (χ1n) is 7.37. The van der Waals surface area contributed by atoms with Crippen molar-refractivity contribution in [2.45, 2.75) is 63.1 Å². The van der Waals surface area contributed by atoms with Gasteiger partial charge < -0.3 is 5.11 Å². The number of carboxylic acid groups (broad SMARTS) is 1. The van der Waals surface area contributed by atoms with Gasteiger partial charge in [-0.25, -0.2) is 0 Å². The fourth-order valence-corrected chi connectivity index (χ4v) is 3.83. The summed E-state index contributed by atoms with van der Waals surface area (Å²) in [4.78, 5) is 13.2. The molecule has 2 unspecified atom stereocenters. The number of likely N-dealkylation sites (tertiary alicyclic amines) is 1. The zero-order valence-electron chi connectivity index (χ0n) is 11.6. The van der Waals surface area contributed by atoms with Crippen LogP contribution in [-0.2, 0) is 4.79 Å². The number of piperidine rings is 1. The predicted octanol–water partition coefficient (Wildman–Crippen LogP) is 3.44. The third-order valence-electron chi connectivity index (χ3n) is 4.79. The van der Waals surface area contributed by atoms with Gasteiger partial charge in [0.15, 0.2) is 0 Å². The van der Waals surface area contributed by atoms with Crippen molar-refractivity contribution in [3.05, 3.63) is 0 Å². The number of nitrogens with zero attached hydrogens (tertiary/aromatic N) is 1. The number of hydrogen-bond acceptors (Lipinski definition) is 2. The highest BCUT2D eigenvalue weighted by molar-refractivity contribution is 5.68. The zero-order valence-corrected chi connectivity index (χ0v) is 11.6. The fraction of sp³-hybridized carbons (Fsp3) is 0.929. The summed E-state index contributed by atoms with van der Waals surface area (Å²) in [5.74, 6) is -2.34. The Labute approximate surface area is 117 Å². The molecule has 1 saturated heterocycles. The molecule has 2 fully saturated rings. The molecule has 20 heavy (non-hydrogen) atoms. The average Bonchev–Trinajstić information content (AvgIpc) is 2.38. The fourth-order valence-electron chi connectivity index (χ4n) is 3.83. The largest absolute Gasteiger partial charge is 0.481 e. The lowest BCUT2D eigenvalue weighted by molar-refractivity contribution is -0.196. The molecule has 2 aliphatic rings. The molecular weight excluding hydrogens is 271 g/mol. The van der Waals surface area contributed by atoms with Crippen LogP contribution < -0.4 is 0 Å². The van der Waals surface area contributed by atoms with Gasteiger partial charge in [0.2, 0.25) is 0 Å². The molecular formula is C14H22F3NO2. The van der Waals surface area contributed by atoms with Crippen molar-refractivity contribution in [1.29, 1.82) is 0 Å². The van der Waals surface area contributed by atoms with Crippen LogP contribution in [0.3, 0.4) is 0 Å². The third-order valence-corrected chi connectivity index (χ3v) is 4.79. The van der Waals surface area contributed by atoms with Crippen LogP contribution in [0.4, 0.5) is 13.2 Å². The topological polar surface area (TPSA) is 40.5 Å². The first kappa shape index (κ1) is 15.6.